The second-order valence-electron chi connectivity index (χ2n) is 10.2. The van der Waals surface area contributed by atoms with Crippen molar-refractivity contribution < 1.29 is 27.1 Å². The first-order valence-corrected chi connectivity index (χ1v) is 12.8. The summed E-state index contributed by atoms with van der Waals surface area (Å²) in [7, 11) is 0. The van der Waals surface area contributed by atoms with E-state index in [1.54, 1.807) is 12.3 Å². The molecule has 1 saturated heterocycles. The van der Waals surface area contributed by atoms with Gasteiger partial charge in [0.15, 0.2) is 0 Å². The van der Waals surface area contributed by atoms with E-state index >= 15 is 13.2 Å². The van der Waals surface area contributed by atoms with E-state index in [0.29, 0.717) is 12.1 Å². The first-order chi connectivity index (χ1) is 18.6. The Kier molecular flexibility index (Phi) is 7.51. The van der Waals surface area contributed by atoms with Crippen molar-refractivity contribution in [2.45, 2.75) is 50.2 Å². The molecule has 1 aromatic carbocycles. The van der Waals surface area contributed by atoms with Crippen LogP contribution in [0.25, 0.3) is 11.3 Å². The number of aromatic nitrogens is 2. The number of carbonyl (C=O) groups is 1. The Morgan fingerprint density at radius 1 is 1.10 bits per heavy atom. The number of alkyl halides is 1. The van der Waals surface area contributed by atoms with Crippen LogP contribution in [0.2, 0.25) is 0 Å². The topological polar surface area (TPSA) is 90.1 Å². The molecule has 5 rings (SSSR count). The molecule has 1 fully saturated rings. The second-order valence-corrected chi connectivity index (χ2v) is 10.2. The van der Waals surface area contributed by atoms with Crippen LogP contribution in [0.5, 0.6) is 0 Å². The molecular weight excluding hydrogens is 512 g/mol. The summed E-state index contributed by atoms with van der Waals surface area (Å²) in [5.41, 5.74) is 4.71. The van der Waals surface area contributed by atoms with E-state index in [-0.39, 0.29) is 49.3 Å². The predicted molar refractivity (Wildman–Crippen MR) is 138 cm³/mol. The van der Waals surface area contributed by atoms with Gasteiger partial charge in [-0.05, 0) is 67.1 Å². The van der Waals surface area contributed by atoms with Gasteiger partial charge in [0, 0.05) is 38.3 Å². The van der Waals surface area contributed by atoms with Gasteiger partial charge in [-0.1, -0.05) is 11.6 Å². The van der Waals surface area contributed by atoms with Crippen molar-refractivity contribution in [1.29, 1.82) is 0 Å². The summed E-state index contributed by atoms with van der Waals surface area (Å²) in [4.78, 5) is 21.2. The van der Waals surface area contributed by atoms with Crippen molar-refractivity contribution in [2.75, 3.05) is 18.5 Å². The van der Waals surface area contributed by atoms with Gasteiger partial charge in [-0.2, -0.15) is 0 Å². The standard InChI is InChI=1S/C29H28F4N4O2/c1-16-10-17(12-19(34)11-16)20-4-7-35-15-25(20)37-28(38)24-3-2-21(30)27(36-24)26-22(31)13-18(14-23(26)32)29(33)5-8-39-9-6-29/h2-4,7,11,13-15,17,19H,5-6,8-10,12,34H2,1H3,(H,37,38). The Labute approximate surface area is 223 Å². The Hall–Kier alpha value is -3.63. The van der Waals surface area contributed by atoms with Crippen molar-refractivity contribution in [3.05, 3.63) is 88.6 Å². The number of benzene rings is 1. The normalized spacial score (nSPS) is 20.8. The average Bonchev–Trinajstić information content (AvgIpc) is 2.89. The number of carbonyl (C=O) groups excluding carboxylic acids is 1. The second kappa shape index (κ2) is 10.9. The Bertz CT molecular complexity index is 1420. The summed E-state index contributed by atoms with van der Waals surface area (Å²) in [5, 5.41) is 2.74. The number of amides is 1. The molecule has 2 aliphatic rings. The number of anilines is 1. The Morgan fingerprint density at radius 3 is 2.51 bits per heavy atom. The molecule has 0 radical (unpaired) electrons. The zero-order chi connectivity index (χ0) is 27.7. The molecule has 1 aliphatic carbocycles. The molecule has 6 nitrogen and oxygen atoms in total. The van der Waals surface area contributed by atoms with Crippen LogP contribution in [0.4, 0.5) is 23.2 Å². The zero-order valence-corrected chi connectivity index (χ0v) is 21.3. The number of allylic oxidation sites excluding steroid dienone is 1. The largest absolute Gasteiger partial charge is 0.381 e. The smallest absolute Gasteiger partial charge is 0.274 e. The van der Waals surface area contributed by atoms with E-state index < -0.39 is 40.3 Å². The van der Waals surface area contributed by atoms with Crippen molar-refractivity contribution >= 4 is 11.6 Å². The van der Waals surface area contributed by atoms with E-state index in [1.165, 1.54) is 6.20 Å². The van der Waals surface area contributed by atoms with E-state index in [1.807, 2.05) is 13.0 Å². The fourth-order valence-corrected chi connectivity index (χ4v) is 5.38. The fraction of sp³-hybridized carbons (Fsp3) is 0.345. The average molecular weight is 541 g/mol. The summed E-state index contributed by atoms with van der Waals surface area (Å²) < 4.78 is 65.5. The van der Waals surface area contributed by atoms with Gasteiger partial charge in [0.2, 0.25) is 0 Å². The van der Waals surface area contributed by atoms with Gasteiger partial charge in [-0.25, -0.2) is 22.5 Å². The minimum Gasteiger partial charge on any atom is -0.381 e. The minimum absolute atomic E-state index is 0.0491. The third-order valence-electron chi connectivity index (χ3n) is 7.33. The monoisotopic (exact) mass is 540 g/mol. The molecule has 0 spiro atoms. The maximum atomic E-state index is 15.3. The van der Waals surface area contributed by atoms with Crippen molar-refractivity contribution in [3.8, 4) is 11.3 Å². The highest BCUT2D eigenvalue weighted by Crippen LogP contribution is 2.39. The molecule has 3 heterocycles. The van der Waals surface area contributed by atoms with E-state index in [0.717, 1.165) is 41.8 Å². The summed E-state index contributed by atoms with van der Waals surface area (Å²) in [6.45, 7) is 2.24. The van der Waals surface area contributed by atoms with Gasteiger partial charge in [0.05, 0.1) is 17.4 Å². The SMILES string of the molecule is CC1=CC(N)CC(c2ccncc2NC(=O)c2ccc(F)c(-c3c(F)cc(C4(F)CCOCC4)cc3F)n2)C1. The summed E-state index contributed by atoms with van der Waals surface area (Å²) in [5.74, 6) is -4.04. The van der Waals surface area contributed by atoms with Crippen LogP contribution in [-0.2, 0) is 10.4 Å². The van der Waals surface area contributed by atoms with Gasteiger partial charge >= 0.3 is 0 Å². The van der Waals surface area contributed by atoms with E-state index in [2.05, 4.69) is 15.3 Å². The lowest BCUT2D eigenvalue weighted by Crippen LogP contribution is -2.29. The van der Waals surface area contributed by atoms with Gasteiger partial charge in [0.1, 0.15) is 34.5 Å². The number of halogens is 4. The molecule has 1 amide bonds. The first-order valence-electron chi connectivity index (χ1n) is 12.8. The summed E-state index contributed by atoms with van der Waals surface area (Å²) >= 11 is 0. The van der Waals surface area contributed by atoms with Gasteiger partial charge < -0.3 is 15.8 Å². The van der Waals surface area contributed by atoms with Crippen LogP contribution in [0, 0.1) is 17.5 Å². The molecule has 0 bridgehead atoms. The first kappa shape index (κ1) is 27.0. The number of hydrogen-bond donors (Lipinski definition) is 2. The highest BCUT2D eigenvalue weighted by molar-refractivity contribution is 6.03. The van der Waals surface area contributed by atoms with Crippen molar-refractivity contribution in [2.24, 2.45) is 5.73 Å². The van der Waals surface area contributed by atoms with E-state index in [4.69, 9.17) is 10.5 Å². The van der Waals surface area contributed by atoms with Crippen LogP contribution in [0.3, 0.4) is 0 Å². The Balaban J connectivity index is 1.44. The van der Waals surface area contributed by atoms with Crippen LogP contribution in [0.15, 0.2) is 54.4 Å². The quantitative estimate of drug-likeness (QED) is 0.309. The molecule has 39 heavy (non-hydrogen) atoms. The van der Waals surface area contributed by atoms with Crippen LogP contribution < -0.4 is 11.1 Å². The lowest BCUT2D eigenvalue weighted by atomic mass is 9.82. The number of hydrogen-bond acceptors (Lipinski definition) is 5. The molecule has 2 atom stereocenters. The number of nitrogens with zero attached hydrogens (tertiary/aromatic N) is 2. The molecule has 2 aromatic heterocycles. The van der Waals surface area contributed by atoms with Crippen LogP contribution >= 0.6 is 0 Å². The van der Waals surface area contributed by atoms with Gasteiger partial charge in [-0.3, -0.25) is 9.78 Å². The van der Waals surface area contributed by atoms with Gasteiger partial charge in [0.25, 0.3) is 5.91 Å². The number of rotatable bonds is 5. The van der Waals surface area contributed by atoms with Crippen LogP contribution in [0.1, 0.15) is 60.1 Å². The molecule has 204 valence electrons. The molecular formula is C29H28F4N4O2. The third kappa shape index (κ3) is 5.58. The predicted octanol–water partition coefficient (Wildman–Crippen LogP) is 5.94. The third-order valence-corrected chi connectivity index (χ3v) is 7.33. The minimum atomic E-state index is -1.95. The summed E-state index contributed by atoms with van der Waals surface area (Å²) in [6, 6.07) is 5.43. The summed E-state index contributed by atoms with van der Waals surface area (Å²) in [6.07, 6.45) is 6.49. The maximum Gasteiger partial charge on any atom is 0.274 e. The number of nitrogens with two attached hydrogens (primary N) is 1. The van der Waals surface area contributed by atoms with Crippen molar-refractivity contribution in [3.63, 3.8) is 0 Å². The molecule has 3 aromatic rings. The number of ether oxygens (including phenoxy) is 1. The Morgan fingerprint density at radius 2 is 1.82 bits per heavy atom. The van der Waals surface area contributed by atoms with Gasteiger partial charge in [-0.15, -0.1) is 0 Å². The highest BCUT2D eigenvalue weighted by atomic mass is 19.1. The van der Waals surface area contributed by atoms with Crippen molar-refractivity contribution in [1.82, 2.24) is 9.97 Å². The number of nitrogens with one attached hydrogen (secondary N) is 1. The molecule has 0 saturated carbocycles. The molecule has 2 unspecified atom stereocenters. The zero-order valence-electron chi connectivity index (χ0n) is 21.3. The molecule has 1 aliphatic heterocycles. The molecule has 3 N–H and O–H groups in total. The number of pyridine rings is 2. The van der Waals surface area contributed by atoms with E-state index in [9.17, 15) is 9.18 Å². The highest BCUT2D eigenvalue weighted by Gasteiger charge is 2.36. The fourth-order valence-electron chi connectivity index (χ4n) is 5.38. The lowest BCUT2D eigenvalue weighted by molar-refractivity contribution is -0.0117. The van der Waals surface area contributed by atoms with Crippen LogP contribution in [-0.4, -0.2) is 35.1 Å². The lowest BCUT2D eigenvalue weighted by Gasteiger charge is -2.30. The maximum absolute atomic E-state index is 15.3. The molecule has 10 heteroatoms.